The van der Waals surface area contributed by atoms with Crippen molar-refractivity contribution in [2.24, 2.45) is 5.92 Å². The van der Waals surface area contributed by atoms with Crippen LogP contribution in [0.2, 0.25) is 0 Å². The lowest BCUT2D eigenvalue weighted by atomic mass is 10.1. The highest BCUT2D eigenvalue weighted by molar-refractivity contribution is 7.89. The van der Waals surface area contributed by atoms with Crippen LogP contribution in [0.3, 0.4) is 0 Å². The number of hydrogen-bond acceptors (Lipinski definition) is 5. The van der Waals surface area contributed by atoms with Crippen molar-refractivity contribution in [3.8, 4) is 5.75 Å². The number of fused-ring (bicyclic) bond motifs is 1. The molecule has 1 heterocycles. The largest absolute Gasteiger partial charge is 0.573 e. The summed E-state index contributed by atoms with van der Waals surface area (Å²) < 4.78 is 70.0. The average molecular weight is 529 g/mol. The number of hydrogen-bond donors (Lipinski definition) is 1. The molecule has 0 amide bonds. The fourth-order valence-corrected chi connectivity index (χ4v) is 7.31. The molecule has 7 nitrogen and oxygen atoms in total. The lowest BCUT2D eigenvalue weighted by Gasteiger charge is -2.43. The first-order valence-electron chi connectivity index (χ1n) is 11.3. The zero-order valence-electron chi connectivity index (χ0n) is 19.3. The van der Waals surface area contributed by atoms with Gasteiger partial charge in [0.15, 0.2) is 0 Å². The number of sulfonamides is 1. The first-order valence-corrected chi connectivity index (χ1v) is 12.7. The van der Waals surface area contributed by atoms with Gasteiger partial charge >= 0.3 is 12.3 Å². The van der Waals surface area contributed by atoms with Crippen LogP contribution in [0.25, 0.3) is 0 Å². The Morgan fingerprint density at radius 1 is 1.06 bits per heavy atom. The summed E-state index contributed by atoms with van der Waals surface area (Å²) in [6.07, 6.45) is -4.24. The standard InChI is InChI=1S/C24H27F3N2O5S.CH4/c1-15-12-28(14-17-6-8-20(9-7-17)34-24(25,26)27)13-16(2)29(15)35(32,33)22-5-3-4-18-10-19(23(30)31)11-21(18)22;/h3-9,15-16,19H,10-14H2,1-2H3,(H,30,31);1H4/t15-,16+,19-;/m0./s1. The maximum Gasteiger partial charge on any atom is 0.573 e. The molecule has 1 saturated heterocycles. The number of piperazine rings is 1. The molecule has 1 aliphatic heterocycles. The van der Waals surface area contributed by atoms with Crippen LogP contribution < -0.4 is 4.74 Å². The molecule has 0 saturated carbocycles. The molecule has 1 N–H and O–H groups in total. The Kier molecular flexibility index (Phi) is 8.07. The molecule has 1 fully saturated rings. The Bertz CT molecular complexity index is 1190. The molecule has 36 heavy (non-hydrogen) atoms. The predicted molar refractivity (Wildman–Crippen MR) is 128 cm³/mol. The number of nitrogens with zero attached hydrogens (tertiary/aromatic N) is 2. The molecule has 2 aromatic rings. The molecular weight excluding hydrogens is 497 g/mol. The maximum atomic E-state index is 13.7. The van der Waals surface area contributed by atoms with Gasteiger partial charge in [-0.25, -0.2) is 8.42 Å². The Morgan fingerprint density at radius 2 is 1.67 bits per heavy atom. The number of carboxylic acid groups (broad SMARTS) is 1. The molecule has 0 unspecified atom stereocenters. The lowest BCUT2D eigenvalue weighted by molar-refractivity contribution is -0.274. The van der Waals surface area contributed by atoms with Gasteiger partial charge in [0.25, 0.3) is 0 Å². The number of halogens is 3. The number of carboxylic acids is 1. The van der Waals surface area contributed by atoms with E-state index in [1.807, 2.05) is 13.8 Å². The number of ether oxygens (including phenoxy) is 1. The Balaban J connectivity index is 0.00000361. The van der Waals surface area contributed by atoms with E-state index in [2.05, 4.69) is 9.64 Å². The average Bonchev–Trinajstić information content (AvgIpc) is 3.18. The van der Waals surface area contributed by atoms with E-state index >= 15 is 0 Å². The minimum absolute atomic E-state index is 0. The van der Waals surface area contributed by atoms with Crippen molar-refractivity contribution in [1.29, 1.82) is 0 Å². The molecule has 11 heteroatoms. The van der Waals surface area contributed by atoms with Crippen LogP contribution in [-0.2, 0) is 34.2 Å². The second-order valence-electron chi connectivity index (χ2n) is 9.26. The van der Waals surface area contributed by atoms with Crippen LogP contribution >= 0.6 is 0 Å². The van der Waals surface area contributed by atoms with Crippen LogP contribution in [0.1, 0.15) is 38.0 Å². The normalized spacial score (nSPS) is 23.1. The molecule has 2 aromatic carbocycles. The maximum absolute atomic E-state index is 13.7. The van der Waals surface area contributed by atoms with E-state index in [0.29, 0.717) is 31.6 Å². The first kappa shape index (κ1) is 27.9. The summed E-state index contributed by atoms with van der Waals surface area (Å²) in [4.78, 5) is 13.7. The van der Waals surface area contributed by atoms with Gasteiger partial charge < -0.3 is 9.84 Å². The third-order valence-electron chi connectivity index (χ3n) is 6.53. The van der Waals surface area contributed by atoms with Gasteiger partial charge in [0.2, 0.25) is 10.0 Å². The van der Waals surface area contributed by atoms with E-state index in [1.54, 1.807) is 30.3 Å². The van der Waals surface area contributed by atoms with Crippen molar-refractivity contribution >= 4 is 16.0 Å². The number of alkyl halides is 3. The topological polar surface area (TPSA) is 87.2 Å². The monoisotopic (exact) mass is 528 g/mol. The summed E-state index contributed by atoms with van der Waals surface area (Å²) in [7, 11) is -3.86. The summed E-state index contributed by atoms with van der Waals surface area (Å²) >= 11 is 0. The van der Waals surface area contributed by atoms with Gasteiger partial charge in [0, 0.05) is 31.7 Å². The van der Waals surface area contributed by atoms with Gasteiger partial charge in [-0.3, -0.25) is 9.69 Å². The van der Waals surface area contributed by atoms with E-state index in [1.165, 1.54) is 16.4 Å². The lowest BCUT2D eigenvalue weighted by Crippen LogP contribution is -2.58. The number of aliphatic carboxylic acids is 1. The van der Waals surface area contributed by atoms with Crippen LogP contribution in [0.4, 0.5) is 13.2 Å². The van der Waals surface area contributed by atoms with Gasteiger partial charge in [-0.1, -0.05) is 31.7 Å². The molecule has 0 radical (unpaired) electrons. The summed E-state index contributed by atoms with van der Waals surface area (Å²) in [5.74, 6) is -1.85. The van der Waals surface area contributed by atoms with E-state index in [-0.39, 0.29) is 36.6 Å². The van der Waals surface area contributed by atoms with Gasteiger partial charge in [-0.2, -0.15) is 4.31 Å². The summed E-state index contributed by atoms with van der Waals surface area (Å²) in [6, 6.07) is 9.92. The highest BCUT2D eigenvalue weighted by Gasteiger charge is 2.41. The number of benzene rings is 2. The van der Waals surface area contributed by atoms with Gasteiger partial charge in [0.1, 0.15) is 5.75 Å². The van der Waals surface area contributed by atoms with Crippen LogP contribution in [0, 0.1) is 5.92 Å². The third-order valence-corrected chi connectivity index (χ3v) is 8.74. The molecule has 4 rings (SSSR count). The fourth-order valence-electron chi connectivity index (χ4n) is 5.22. The minimum Gasteiger partial charge on any atom is -0.481 e. The SMILES string of the molecule is C.C[C@@H]1CN(Cc2ccc(OC(F)(F)F)cc2)C[C@H](C)N1S(=O)(=O)c1cccc2c1C[C@@H](C(=O)O)C2. The molecule has 0 spiro atoms. The second-order valence-corrected chi connectivity index (χ2v) is 11.1. The molecular formula is C25H31F3N2O5S. The third kappa shape index (κ3) is 5.84. The molecule has 0 bridgehead atoms. The zero-order chi connectivity index (χ0) is 25.5. The van der Waals surface area contributed by atoms with Crippen molar-refractivity contribution in [2.45, 2.75) is 64.0 Å². The number of carbonyl (C=O) groups is 1. The van der Waals surface area contributed by atoms with Crippen molar-refractivity contribution in [2.75, 3.05) is 13.1 Å². The van der Waals surface area contributed by atoms with Crippen LogP contribution in [0.15, 0.2) is 47.4 Å². The zero-order valence-corrected chi connectivity index (χ0v) is 20.1. The molecule has 0 aromatic heterocycles. The molecule has 2 aliphatic rings. The first-order chi connectivity index (χ1) is 16.3. The Labute approximate surface area is 209 Å². The smallest absolute Gasteiger partial charge is 0.481 e. The summed E-state index contributed by atoms with van der Waals surface area (Å²) in [6.45, 7) is 4.98. The van der Waals surface area contributed by atoms with Gasteiger partial charge in [-0.05, 0) is 61.6 Å². The summed E-state index contributed by atoms with van der Waals surface area (Å²) in [5.41, 5.74) is 2.13. The van der Waals surface area contributed by atoms with Crippen LogP contribution in [-0.4, -0.2) is 60.2 Å². The van der Waals surface area contributed by atoms with E-state index in [9.17, 15) is 31.5 Å². The van der Waals surface area contributed by atoms with Crippen molar-refractivity contribution in [3.63, 3.8) is 0 Å². The molecule has 1 aliphatic carbocycles. The minimum atomic E-state index is -4.75. The van der Waals surface area contributed by atoms with E-state index in [0.717, 1.165) is 11.1 Å². The Hall–Kier alpha value is -2.63. The van der Waals surface area contributed by atoms with Crippen molar-refractivity contribution < 1.29 is 36.2 Å². The van der Waals surface area contributed by atoms with Gasteiger partial charge in [0.05, 0.1) is 10.8 Å². The Morgan fingerprint density at radius 3 is 2.22 bits per heavy atom. The van der Waals surface area contributed by atoms with Crippen LogP contribution in [0.5, 0.6) is 5.75 Å². The van der Waals surface area contributed by atoms with Gasteiger partial charge in [-0.15, -0.1) is 13.2 Å². The van der Waals surface area contributed by atoms with E-state index in [4.69, 9.17) is 0 Å². The highest BCUT2D eigenvalue weighted by atomic mass is 32.2. The second kappa shape index (κ2) is 10.4. The quantitative estimate of drug-likeness (QED) is 0.602. The fraction of sp³-hybridized carbons (Fsp3) is 0.480. The summed E-state index contributed by atoms with van der Waals surface area (Å²) in [5, 5.41) is 9.40. The molecule has 198 valence electrons. The highest BCUT2D eigenvalue weighted by Crippen LogP contribution is 2.35. The number of rotatable bonds is 6. The molecule has 3 atom stereocenters. The predicted octanol–water partition coefficient (Wildman–Crippen LogP) is 4.30. The van der Waals surface area contributed by atoms with Crippen molar-refractivity contribution in [1.82, 2.24) is 9.21 Å². The van der Waals surface area contributed by atoms with Crippen molar-refractivity contribution in [3.05, 3.63) is 59.2 Å². The van der Waals surface area contributed by atoms with E-state index < -0.39 is 28.3 Å².